The minimum Gasteiger partial charge on any atom is -0.370 e. The van der Waals surface area contributed by atoms with E-state index in [2.05, 4.69) is 10.3 Å². The first-order chi connectivity index (χ1) is 7.63. The topological polar surface area (TPSA) is 50.4 Å². The predicted octanol–water partition coefficient (Wildman–Crippen LogP) is 1.78. The SMILES string of the molecule is CCCNC(N)=NCc1cc(F)ccc1F. The molecule has 0 bridgehead atoms. The molecule has 0 atom stereocenters. The van der Waals surface area contributed by atoms with Gasteiger partial charge in [0.2, 0.25) is 0 Å². The van der Waals surface area contributed by atoms with Gasteiger partial charge in [-0.1, -0.05) is 6.92 Å². The van der Waals surface area contributed by atoms with Crippen LogP contribution in [0.5, 0.6) is 0 Å². The van der Waals surface area contributed by atoms with Gasteiger partial charge in [0, 0.05) is 12.1 Å². The Bertz CT molecular complexity index is 377. The molecule has 3 nitrogen and oxygen atoms in total. The largest absolute Gasteiger partial charge is 0.370 e. The van der Waals surface area contributed by atoms with Crippen LogP contribution in [0, 0.1) is 11.6 Å². The average molecular weight is 227 g/mol. The molecule has 0 saturated carbocycles. The Balaban J connectivity index is 2.62. The summed E-state index contributed by atoms with van der Waals surface area (Å²) in [6.45, 7) is 2.74. The highest BCUT2D eigenvalue weighted by molar-refractivity contribution is 5.77. The number of aliphatic imine (C=N–C) groups is 1. The van der Waals surface area contributed by atoms with E-state index >= 15 is 0 Å². The van der Waals surface area contributed by atoms with Gasteiger partial charge in [-0.2, -0.15) is 0 Å². The fourth-order valence-electron chi connectivity index (χ4n) is 1.14. The molecule has 16 heavy (non-hydrogen) atoms. The lowest BCUT2D eigenvalue weighted by Crippen LogP contribution is -2.32. The van der Waals surface area contributed by atoms with Crippen molar-refractivity contribution in [3.8, 4) is 0 Å². The molecule has 1 aromatic rings. The van der Waals surface area contributed by atoms with Crippen molar-refractivity contribution < 1.29 is 8.78 Å². The predicted molar refractivity (Wildman–Crippen MR) is 60.0 cm³/mol. The zero-order valence-electron chi connectivity index (χ0n) is 9.13. The van der Waals surface area contributed by atoms with Crippen LogP contribution in [0.2, 0.25) is 0 Å². The molecule has 0 saturated heterocycles. The van der Waals surface area contributed by atoms with E-state index in [1.807, 2.05) is 6.92 Å². The lowest BCUT2D eigenvalue weighted by molar-refractivity contribution is 0.585. The molecule has 0 heterocycles. The molecule has 1 rings (SSSR count). The van der Waals surface area contributed by atoms with Gasteiger partial charge in [-0.05, 0) is 24.6 Å². The van der Waals surface area contributed by atoms with Crippen LogP contribution in [0.4, 0.5) is 8.78 Å². The molecule has 0 aliphatic heterocycles. The van der Waals surface area contributed by atoms with Gasteiger partial charge < -0.3 is 11.1 Å². The van der Waals surface area contributed by atoms with Gasteiger partial charge in [0.25, 0.3) is 0 Å². The number of guanidine groups is 1. The normalized spacial score (nSPS) is 11.6. The minimum absolute atomic E-state index is 0.0339. The van der Waals surface area contributed by atoms with E-state index in [0.29, 0.717) is 6.54 Å². The molecule has 5 heteroatoms. The molecule has 0 unspecified atom stereocenters. The molecule has 0 fully saturated rings. The van der Waals surface area contributed by atoms with Crippen LogP contribution < -0.4 is 11.1 Å². The highest BCUT2D eigenvalue weighted by atomic mass is 19.1. The summed E-state index contributed by atoms with van der Waals surface area (Å²) in [6.07, 6.45) is 0.921. The number of hydrogen-bond donors (Lipinski definition) is 2. The maximum Gasteiger partial charge on any atom is 0.188 e. The summed E-state index contributed by atoms with van der Waals surface area (Å²) in [5.41, 5.74) is 5.71. The first-order valence-corrected chi connectivity index (χ1v) is 5.11. The van der Waals surface area contributed by atoms with Gasteiger partial charge in [-0.3, -0.25) is 0 Å². The number of nitrogens with two attached hydrogens (primary N) is 1. The van der Waals surface area contributed by atoms with Gasteiger partial charge in [-0.25, -0.2) is 13.8 Å². The maximum atomic E-state index is 13.2. The van der Waals surface area contributed by atoms with Gasteiger partial charge in [0.15, 0.2) is 5.96 Å². The van der Waals surface area contributed by atoms with Gasteiger partial charge in [0.05, 0.1) is 6.54 Å². The summed E-state index contributed by atoms with van der Waals surface area (Å²) in [5, 5.41) is 2.85. The van der Waals surface area contributed by atoms with Crippen molar-refractivity contribution >= 4 is 5.96 Å². The summed E-state index contributed by atoms with van der Waals surface area (Å²) in [6, 6.07) is 3.27. The first-order valence-electron chi connectivity index (χ1n) is 5.11. The Morgan fingerprint density at radius 1 is 1.44 bits per heavy atom. The Hall–Kier alpha value is -1.65. The second kappa shape index (κ2) is 6.05. The molecule has 1 aromatic carbocycles. The monoisotopic (exact) mass is 227 g/mol. The van der Waals surface area contributed by atoms with Crippen molar-refractivity contribution in [2.45, 2.75) is 19.9 Å². The molecule has 0 radical (unpaired) electrons. The van der Waals surface area contributed by atoms with Crippen molar-refractivity contribution in [1.82, 2.24) is 5.32 Å². The van der Waals surface area contributed by atoms with Crippen LogP contribution in [0.1, 0.15) is 18.9 Å². The van der Waals surface area contributed by atoms with E-state index in [1.54, 1.807) is 0 Å². The third kappa shape index (κ3) is 3.84. The first kappa shape index (κ1) is 12.4. The molecule has 0 aliphatic rings. The second-order valence-corrected chi connectivity index (χ2v) is 3.36. The van der Waals surface area contributed by atoms with Gasteiger partial charge in [0.1, 0.15) is 11.6 Å². The van der Waals surface area contributed by atoms with Crippen molar-refractivity contribution in [3.63, 3.8) is 0 Å². The molecule has 3 N–H and O–H groups in total. The maximum absolute atomic E-state index is 13.2. The molecule has 88 valence electrons. The smallest absolute Gasteiger partial charge is 0.188 e. The van der Waals surface area contributed by atoms with Crippen LogP contribution in [0.25, 0.3) is 0 Å². The van der Waals surface area contributed by atoms with Crippen LogP contribution >= 0.6 is 0 Å². The number of halogens is 2. The van der Waals surface area contributed by atoms with E-state index < -0.39 is 11.6 Å². The van der Waals surface area contributed by atoms with Crippen molar-refractivity contribution in [1.29, 1.82) is 0 Å². The van der Waals surface area contributed by atoms with Crippen LogP contribution in [-0.4, -0.2) is 12.5 Å². The fraction of sp³-hybridized carbons (Fsp3) is 0.364. The summed E-state index contributed by atoms with van der Waals surface area (Å²) in [4.78, 5) is 3.91. The van der Waals surface area contributed by atoms with Crippen LogP contribution in [0.3, 0.4) is 0 Å². The summed E-state index contributed by atoms with van der Waals surface area (Å²) in [5.74, 6) is -0.717. The molecular formula is C11H15F2N3. The van der Waals surface area contributed by atoms with E-state index in [0.717, 1.165) is 24.6 Å². The summed E-state index contributed by atoms with van der Waals surface area (Å²) < 4.78 is 26.0. The lowest BCUT2D eigenvalue weighted by Gasteiger charge is -2.04. The van der Waals surface area contributed by atoms with E-state index in [-0.39, 0.29) is 18.1 Å². The Kier molecular flexibility index (Phi) is 4.69. The Morgan fingerprint density at radius 3 is 2.88 bits per heavy atom. The number of nitrogens with zero attached hydrogens (tertiary/aromatic N) is 1. The van der Waals surface area contributed by atoms with Crippen molar-refractivity contribution in [3.05, 3.63) is 35.4 Å². The zero-order valence-corrected chi connectivity index (χ0v) is 9.13. The molecule has 0 aliphatic carbocycles. The number of nitrogens with one attached hydrogen (secondary N) is 1. The van der Waals surface area contributed by atoms with E-state index in [4.69, 9.17) is 5.73 Å². The third-order valence-corrected chi connectivity index (χ3v) is 1.98. The Morgan fingerprint density at radius 2 is 2.19 bits per heavy atom. The van der Waals surface area contributed by atoms with E-state index in [1.165, 1.54) is 0 Å². The highest BCUT2D eigenvalue weighted by Crippen LogP contribution is 2.10. The van der Waals surface area contributed by atoms with Crippen molar-refractivity contribution in [2.75, 3.05) is 6.54 Å². The van der Waals surface area contributed by atoms with E-state index in [9.17, 15) is 8.78 Å². The van der Waals surface area contributed by atoms with Crippen LogP contribution in [0.15, 0.2) is 23.2 Å². The quantitative estimate of drug-likeness (QED) is 0.608. The fourth-order valence-corrected chi connectivity index (χ4v) is 1.14. The van der Waals surface area contributed by atoms with Crippen molar-refractivity contribution in [2.24, 2.45) is 10.7 Å². The second-order valence-electron chi connectivity index (χ2n) is 3.36. The summed E-state index contributed by atoms with van der Waals surface area (Å²) in [7, 11) is 0. The highest BCUT2D eigenvalue weighted by Gasteiger charge is 2.02. The molecule has 0 amide bonds. The molecule has 0 spiro atoms. The molecular weight excluding hydrogens is 212 g/mol. The number of rotatable bonds is 4. The van der Waals surface area contributed by atoms with Gasteiger partial charge in [-0.15, -0.1) is 0 Å². The Labute approximate surface area is 93.4 Å². The minimum atomic E-state index is -0.480. The van der Waals surface area contributed by atoms with Gasteiger partial charge >= 0.3 is 0 Å². The number of hydrogen-bond acceptors (Lipinski definition) is 1. The standard InChI is InChI=1S/C11H15F2N3/c1-2-5-15-11(14)16-7-8-6-9(12)3-4-10(8)13/h3-4,6H,2,5,7H2,1H3,(H3,14,15,16). The third-order valence-electron chi connectivity index (χ3n) is 1.98. The molecule has 0 aromatic heterocycles. The number of benzene rings is 1. The average Bonchev–Trinajstić information content (AvgIpc) is 2.27. The zero-order chi connectivity index (χ0) is 12.0. The summed E-state index contributed by atoms with van der Waals surface area (Å²) >= 11 is 0. The van der Waals surface area contributed by atoms with Crippen LogP contribution in [-0.2, 0) is 6.54 Å². The lowest BCUT2D eigenvalue weighted by atomic mass is 10.2.